The molecule has 2 aromatic rings. The van der Waals surface area contributed by atoms with Crippen molar-refractivity contribution in [1.82, 2.24) is 30.8 Å². The quantitative estimate of drug-likeness (QED) is 0.787. The van der Waals surface area contributed by atoms with Gasteiger partial charge in [-0.15, -0.1) is 5.10 Å². The summed E-state index contributed by atoms with van der Waals surface area (Å²) in [5, 5.41) is 15.9. The van der Waals surface area contributed by atoms with Gasteiger partial charge in [0.2, 0.25) is 11.1 Å². The van der Waals surface area contributed by atoms with Crippen molar-refractivity contribution in [3.05, 3.63) is 35.9 Å². The molecular weight excluding hydrogens is 304 g/mol. The predicted molar refractivity (Wildman–Crippen MR) is 80.9 cm³/mol. The second-order valence-electron chi connectivity index (χ2n) is 4.50. The molecule has 0 aliphatic heterocycles. The minimum atomic E-state index is -0.530. The standard InChI is InChI=1S/C13H16N6O2S/c1-9(22-13-16-17-18-19(13)2)11(20)15-12(21)14-8-10-6-4-3-5-7-10/h3-7,9H,8H2,1-2H3,(H2,14,15,20,21)/t9-/m1/s1. The summed E-state index contributed by atoms with van der Waals surface area (Å²) in [4.78, 5) is 23.6. The monoisotopic (exact) mass is 320 g/mol. The van der Waals surface area contributed by atoms with E-state index >= 15 is 0 Å². The van der Waals surface area contributed by atoms with Gasteiger partial charge in [-0.1, -0.05) is 42.1 Å². The lowest BCUT2D eigenvalue weighted by Crippen LogP contribution is -2.42. The minimum Gasteiger partial charge on any atom is -0.334 e. The van der Waals surface area contributed by atoms with Crippen LogP contribution in [0.1, 0.15) is 12.5 Å². The lowest BCUT2D eigenvalue weighted by atomic mass is 10.2. The van der Waals surface area contributed by atoms with Crippen LogP contribution in [-0.4, -0.2) is 37.4 Å². The van der Waals surface area contributed by atoms with Crippen molar-refractivity contribution in [2.75, 3.05) is 0 Å². The molecule has 1 heterocycles. The first-order valence-electron chi connectivity index (χ1n) is 6.58. The Kier molecular flexibility index (Phi) is 5.48. The minimum absolute atomic E-state index is 0.356. The number of hydrogen-bond acceptors (Lipinski definition) is 6. The van der Waals surface area contributed by atoms with Gasteiger partial charge in [0.15, 0.2) is 0 Å². The Morgan fingerprint density at radius 2 is 2.05 bits per heavy atom. The Morgan fingerprint density at radius 3 is 2.68 bits per heavy atom. The molecule has 22 heavy (non-hydrogen) atoms. The molecular formula is C13H16N6O2S. The predicted octanol–water partition coefficient (Wildman–Crippen LogP) is 0.717. The molecule has 0 unspecified atom stereocenters. The van der Waals surface area contributed by atoms with E-state index in [-0.39, 0.29) is 0 Å². The number of nitrogens with zero attached hydrogens (tertiary/aromatic N) is 4. The normalized spacial score (nSPS) is 11.7. The summed E-state index contributed by atoms with van der Waals surface area (Å²) in [6.07, 6.45) is 0. The highest BCUT2D eigenvalue weighted by Crippen LogP contribution is 2.19. The number of amides is 3. The van der Waals surface area contributed by atoms with E-state index in [0.29, 0.717) is 11.7 Å². The number of aromatic nitrogens is 4. The van der Waals surface area contributed by atoms with E-state index in [1.165, 1.54) is 16.4 Å². The molecule has 0 spiro atoms. The third-order valence-corrected chi connectivity index (χ3v) is 3.89. The molecule has 1 atom stereocenters. The largest absolute Gasteiger partial charge is 0.334 e. The van der Waals surface area contributed by atoms with Gasteiger partial charge in [-0.2, -0.15) is 0 Å². The number of tetrazole rings is 1. The number of urea groups is 1. The number of hydrogen-bond donors (Lipinski definition) is 2. The van der Waals surface area contributed by atoms with Crippen molar-refractivity contribution >= 4 is 23.7 Å². The molecule has 8 nitrogen and oxygen atoms in total. The molecule has 0 bridgehead atoms. The summed E-state index contributed by atoms with van der Waals surface area (Å²) in [5.41, 5.74) is 0.956. The van der Waals surface area contributed by atoms with Gasteiger partial charge in [-0.3, -0.25) is 10.1 Å². The van der Waals surface area contributed by atoms with Crippen molar-refractivity contribution in [1.29, 1.82) is 0 Å². The Labute approximate surface area is 131 Å². The van der Waals surface area contributed by atoms with Crippen LogP contribution in [0.2, 0.25) is 0 Å². The Bertz CT molecular complexity index is 645. The zero-order valence-corrected chi connectivity index (χ0v) is 13.0. The molecule has 116 valence electrons. The average Bonchev–Trinajstić information content (AvgIpc) is 2.91. The first-order chi connectivity index (χ1) is 10.6. The number of benzene rings is 1. The number of imide groups is 1. The highest BCUT2D eigenvalue weighted by Gasteiger charge is 2.19. The molecule has 9 heteroatoms. The van der Waals surface area contributed by atoms with Gasteiger partial charge in [-0.25, -0.2) is 9.48 Å². The lowest BCUT2D eigenvalue weighted by Gasteiger charge is -2.11. The van der Waals surface area contributed by atoms with Crippen LogP contribution in [0.3, 0.4) is 0 Å². The molecule has 2 N–H and O–H groups in total. The third-order valence-electron chi connectivity index (χ3n) is 2.77. The van der Waals surface area contributed by atoms with Crippen LogP contribution in [0.4, 0.5) is 4.79 Å². The first-order valence-corrected chi connectivity index (χ1v) is 7.46. The topological polar surface area (TPSA) is 102 Å². The van der Waals surface area contributed by atoms with Crippen LogP contribution in [0.25, 0.3) is 0 Å². The van der Waals surface area contributed by atoms with E-state index in [1.54, 1.807) is 14.0 Å². The number of aryl methyl sites for hydroxylation is 1. The van der Waals surface area contributed by atoms with Crippen LogP contribution < -0.4 is 10.6 Å². The van der Waals surface area contributed by atoms with Crippen molar-refractivity contribution in [3.8, 4) is 0 Å². The molecule has 0 fully saturated rings. The van der Waals surface area contributed by atoms with Crippen molar-refractivity contribution in [3.63, 3.8) is 0 Å². The molecule has 3 amide bonds. The molecule has 1 aromatic heterocycles. The van der Waals surface area contributed by atoms with Gasteiger partial charge in [-0.05, 0) is 22.9 Å². The summed E-state index contributed by atoms with van der Waals surface area (Å²) >= 11 is 1.18. The summed E-state index contributed by atoms with van der Waals surface area (Å²) in [6.45, 7) is 2.04. The Morgan fingerprint density at radius 1 is 1.32 bits per heavy atom. The second-order valence-corrected chi connectivity index (χ2v) is 5.81. The number of thioether (sulfide) groups is 1. The third kappa shape index (κ3) is 4.55. The number of nitrogens with one attached hydrogen (secondary N) is 2. The lowest BCUT2D eigenvalue weighted by molar-refractivity contribution is -0.119. The fourth-order valence-electron chi connectivity index (χ4n) is 1.57. The van der Waals surface area contributed by atoms with Crippen LogP contribution in [0, 0.1) is 0 Å². The zero-order chi connectivity index (χ0) is 15.9. The van der Waals surface area contributed by atoms with E-state index in [2.05, 4.69) is 26.2 Å². The highest BCUT2D eigenvalue weighted by molar-refractivity contribution is 8.00. The Hall–Kier alpha value is -2.42. The molecule has 0 saturated carbocycles. The summed E-state index contributed by atoms with van der Waals surface area (Å²) in [5.74, 6) is -0.404. The molecule has 0 radical (unpaired) electrons. The van der Waals surface area contributed by atoms with Gasteiger partial charge in [0.1, 0.15) is 0 Å². The SMILES string of the molecule is C[C@@H](Sc1nnnn1C)C(=O)NC(=O)NCc1ccccc1. The number of rotatable bonds is 5. The van der Waals surface area contributed by atoms with Crippen LogP contribution in [-0.2, 0) is 18.4 Å². The maximum absolute atomic E-state index is 11.9. The fraction of sp³-hybridized carbons (Fsp3) is 0.308. The van der Waals surface area contributed by atoms with Crippen molar-refractivity contribution in [2.24, 2.45) is 7.05 Å². The summed E-state index contributed by atoms with van der Waals surface area (Å²) in [6, 6.07) is 8.91. The maximum atomic E-state index is 11.9. The van der Waals surface area contributed by atoms with Gasteiger partial charge in [0.25, 0.3) is 0 Å². The van der Waals surface area contributed by atoms with E-state index in [1.807, 2.05) is 30.3 Å². The first kappa shape index (κ1) is 16.0. The molecule has 0 aliphatic rings. The average molecular weight is 320 g/mol. The van der Waals surface area contributed by atoms with Gasteiger partial charge in [0.05, 0.1) is 5.25 Å². The maximum Gasteiger partial charge on any atom is 0.321 e. The zero-order valence-electron chi connectivity index (χ0n) is 12.2. The molecule has 0 saturated heterocycles. The summed E-state index contributed by atoms with van der Waals surface area (Å²) in [7, 11) is 1.68. The van der Waals surface area contributed by atoms with Gasteiger partial charge >= 0.3 is 6.03 Å². The molecule has 1 aromatic carbocycles. The second kappa shape index (κ2) is 7.55. The van der Waals surface area contributed by atoms with Gasteiger partial charge in [0, 0.05) is 13.6 Å². The van der Waals surface area contributed by atoms with Crippen molar-refractivity contribution in [2.45, 2.75) is 23.9 Å². The molecule has 2 rings (SSSR count). The molecule has 0 aliphatic carbocycles. The van der Waals surface area contributed by atoms with Gasteiger partial charge < -0.3 is 5.32 Å². The van der Waals surface area contributed by atoms with E-state index in [4.69, 9.17) is 0 Å². The smallest absolute Gasteiger partial charge is 0.321 e. The highest BCUT2D eigenvalue weighted by atomic mass is 32.2. The Balaban J connectivity index is 1.78. The fourth-order valence-corrected chi connectivity index (χ4v) is 2.32. The summed E-state index contributed by atoms with van der Waals surface area (Å²) < 4.78 is 1.46. The van der Waals surface area contributed by atoms with E-state index in [9.17, 15) is 9.59 Å². The van der Waals surface area contributed by atoms with E-state index < -0.39 is 17.2 Å². The van der Waals surface area contributed by atoms with E-state index in [0.717, 1.165) is 5.56 Å². The van der Waals surface area contributed by atoms with Crippen LogP contribution >= 0.6 is 11.8 Å². The van der Waals surface area contributed by atoms with Crippen LogP contribution in [0.15, 0.2) is 35.5 Å². The number of carbonyl (C=O) groups is 2. The van der Waals surface area contributed by atoms with Crippen molar-refractivity contribution < 1.29 is 9.59 Å². The van der Waals surface area contributed by atoms with Crippen LogP contribution in [0.5, 0.6) is 0 Å². The number of carbonyl (C=O) groups excluding carboxylic acids is 2.